The molecule has 0 heterocycles. The van der Waals surface area contributed by atoms with E-state index in [1.165, 1.54) is 13.8 Å². The number of carboxylic acids is 1. The summed E-state index contributed by atoms with van der Waals surface area (Å²) >= 11 is 0. The molecule has 4 nitrogen and oxygen atoms in total. The van der Waals surface area contributed by atoms with Crippen LogP contribution in [0.2, 0.25) is 0 Å². The molecule has 1 aromatic carbocycles. The van der Waals surface area contributed by atoms with E-state index in [1.807, 2.05) is 0 Å². The van der Waals surface area contributed by atoms with Crippen LogP contribution in [0.15, 0.2) is 30.3 Å². The molecule has 2 atom stereocenters. The molecule has 0 saturated carbocycles. The van der Waals surface area contributed by atoms with Gasteiger partial charge in [0, 0.05) is 5.56 Å². The van der Waals surface area contributed by atoms with Crippen LogP contribution in [0.4, 0.5) is 0 Å². The van der Waals surface area contributed by atoms with Crippen LogP contribution in [0.3, 0.4) is 0 Å². The Morgan fingerprint density at radius 1 is 1.12 bits per heavy atom. The Kier molecular flexibility index (Phi) is 4.15. The normalized spacial score (nSPS) is 13.8. The van der Waals surface area contributed by atoms with Crippen molar-refractivity contribution in [3.63, 3.8) is 0 Å². The highest BCUT2D eigenvalue weighted by molar-refractivity contribution is 6.12. The van der Waals surface area contributed by atoms with Crippen molar-refractivity contribution < 1.29 is 19.5 Å². The SMILES string of the molecule is CC(=O)C(C(=O)c1ccccc1)C(C)C(=O)O. The molecule has 0 bridgehead atoms. The van der Waals surface area contributed by atoms with Crippen LogP contribution in [0.1, 0.15) is 24.2 Å². The smallest absolute Gasteiger partial charge is 0.307 e. The van der Waals surface area contributed by atoms with E-state index in [9.17, 15) is 14.4 Å². The zero-order chi connectivity index (χ0) is 13.0. The average Bonchev–Trinajstić information content (AvgIpc) is 2.29. The minimum Gasteiger partial charge on any atom is -0.481 e. The summed E-state index contributed by atoms with van der Waals surface area (Å²) in [5, 5.41) is 8.89. The quantitative estimate of drug-likeness (QED) is 0.622. The summed E-state index contributed by atoms with van der Waals surface area (Å²) in [6.07, 6.45) is 0. The molecule has 1 rings (SSSR count). The standard InChI is InChI=1S/C13H14O4/c1-8(13(16)17)11(9(2)14)12(15)10-6-4-3-5-7-10/h3-8,11H,1-2H3,(H,16,17). The van der Waals surface area contributed by atoms with Crippen molar-refractivity contribution in [3.8, 4) is 0 Å². The van der Waals surface area contributed by atoms with Gasteiger partial charge in [0.1, 0.15) is 5.78 Å². The zero-order valence-corrected chi connectivity index (χ0v) is 9.71. The van der Waals surface area contributed by atoms with Crippen molar-refractivity contribution in [1.82, 2.24) is 0 Å². The van der Waals surface area contributed by atoms with E-state index in [-0.39, 0.29) is 0 Å². The highest BCUT2D eigenvalue weighted by Crippen LogP contribution is 2.19. The van der Waals surface area contributed by atoms with Crippen molar-refractivity contribution in [2.24, 2.45) is 11.8 Å². The van der Waals surface area contributed by atoms with Crippen molar-refractivity contribution >= 4 is 17.5 Å². The summed E-state index contributed by atoms with van der Waals surface area (Å²) in [6.45, 7) is 2.61. The van der Waals surface area contributed by atoms with E-state index < -0.39 is 29.4 Å². The Hall–Kier alpha value is -1.97. The number of hydrogen-bond donors (Lipinski definition) is 1. The number of aliphatic carboxylic acids is 1. The third kappa shape index (κ3) is 3.00. The summed E-state index contributed by atoms with van der Waals surface area (Å²) in [6, 6.07) is 8.26. The minimum absolute atomic E-state index is 0.362. The molecule has 17 heavy (non-hydrogen) atoms. The lowest BCUT2D eigenvalue weighted by Crippen LogP contribution is -2.33. The Morgan fingerprint density at radius 2 is 1.65 bits per heavy atom. The Bertz CT molecular complexity index is 436. The van der Waals surface area contributed by atoms with Gasteiger partial charge in [-0.1, -0.05) is 37.3 Å². The van der Waals surface area contributed by atoms with Gasteiger partial charge in [-0.15, -0.1) is 0 Å². The zero-order valence-electron chi connectivity index (χ0n) is 9.71. The van der Waals surface area contributed by atoms with Gasteiger partial charge in [-0.2, -0.15) is 0 Å². The van der Waals surface area contributed by atoms with Crippen molar-refractivity contribution in [1.29, 1.82) is 0 Å². The Morgan fingerprint density at radius 3 is 2.06 bits per heavy atom. The Labute approximate surface area is 99.3 Å². The lowest BCUT2D eigenvalue weighted by Gasteiger charge is -2.16. The highest BCUT2D eigenvalue weighted by atomic mass is 16.4. The fraction of sp³-hybridized carbons (Fsp3) is 0.308. The molecule has 0 aliphatic carbocycles. The van der Waals surface area contributed by atoms with Gasteiger partial charge in [0.05, 0.1) is 11.8 Å². The van der Waals surface area contributed by atoms with Crippen molar-refractivity contribution in [3.05, 3.63) is 35.9 Å². The molecule has 0 aliphatic heterocycles. The summed E-state index contributed by atoms with van der Waals surface area (Å²) in [5.74, 6) is -4.13. The predicted octanol–water partition coefficient (Wildman–Crippen LogP) is 1.80. The van der Waals surface area contributed by atoms with Crippen LogP contribution in [0.25, 0.3) is 0 Å². The van der Waals surface area contributed by atoms with E-state index in [0.29, 0.717) is 5.56 Å². The molecule has 4 heteroatoms. The third-order valence-electron chi connectivity index (χ3n) is 2.67. The number of Topliss-reactive ketones (excluding diaryl/α,β-unsaturated/α-hetero) is 2. The molecule has 1 N–H and O–H groups in total. The molecule has 1 aromatic rings. The van der Waals surface area contributed by atoms with E-state index in [2.05, 4.69) is 0 Å². The van der Waals surface area contributed by atoms with Crippen LogP contribution < -0.4 is 0 Å². The van der Waals surface area contributed by atoms with Gasteiger partial charge in [0.25, 0.3) is 0 Å². The first kappa shape index (κ1) is 13.1. The fourth-order valence-corrected chi connectivity index (χ4v) is 1.69. The van der Waals surface area contributed by atoms with Crippen LogP contribution in [-0.2, 0) is 9.59 Å². The molecule has 0 spiro atoms. The second-order valence-electron chi connectivity index (χ2n) is 3.95. The third-order valence-corrected chi connectivity index (χ3v) is 2.67. The number of hydrogen-bond acceptors (Lipinski definition) is 3. The van der Waals surface area contributed by atoms with Crippen LogP contribution in [0, 0.1) is 11.8 Å². The van der Waals surface area contributed by atoms with Gasteiger partial charge in [-0.3, -0.25) is 14.4 Å². The molecular weight excluding hydrogens is 220 g/mol. The monoisotopic (exact) mass is 234 g/mol. The largest absolute Gasteiger partial charge is 0.481 e. The fourth-order valence-electron chi connectivity index (χ4n) is 1.69. The molecule has 0 aromatic heterocycles. The minimum atomic E-state index is -1.14. The van der Waals surface area contributed by atoms with Gasteiger partial charge in [0.15, 0.2) is 5.78 Å². The summed E-state index contributed by atoms with van der Waals surface area (Å²) < 4.78 is 0. The average molecular weight is 234 g/mol. The molecular formula is C13H14O4. The highest BCUT2D eigenvalue weighted by Gasteiger charge is 2.34. The van der Waals surface area contributed by atoms with E-state index in [1.54, 1.807) is 30.3 Å². The maximum atomic E-state index is 12.0. The number of carboxylic acid groups (broad SMARTS) is 1. The number of carbonyl (C=O) groups is 3. The second kappa shape index (κ2) is 5.39. The molecule has 0 saturated heterocycles. The van der Waals surface area contributed by atoms with Crippen LogP contribution >= 0.6 is 0 Å². The molecule has 0 amide bonds. The van der Waals surface area contributed by atoms with E-state index in [0.717, 1.165) is 0 Å². The molecule has 0 radical (unpaired) electrons. The topological polar surface area (TPSA) is 71.4 Å². The molecule has 90 valence electrons. The second-order valence-corrected chi connectivity index (χ2v) is 3.95. The van der Waals surface area contributed by atoms with E-state index >= 15 is 0 Å². The predicted molar refractivity (Wildman–Crippen MR) is 61.7 cm³/mol. The van der Waals surface area contributed by atoms with Gasteiger partial charge in [0.2, 0.25) is 0 Å². The maximum Gasteiger partial charge on any atom is 0.307 e. The first-order valence-corrected chi connectivity index (χ1v) is 5.27. The molecule has 0 aliphatic rings. The number of benzene rings is 1. The van der Waals surface area contributed by atoms with Gasteiger partial charge < -0.3 is 5.11 Å². The number of carbonyl (C=O) groups excluding carboxylic acids is 2. The molecule has 0 fully saturated rings. The lowest BCUT2D eigenvalue weighted by atomic mass is 9.84. The van der Waals surface area contributed by atoms with Crippen molar-refractivity contribution in [2.45, 2.75) is 13.8 Å². The first-order valence-electron chi connectivity index (χ1n) is 5.27. The summed E-state index contributed by atoms with van der Waals surface area (Å²) in [4.78, 5) is 34.3. The first-order chi connectivity index (χ1) is 7.95. The maximum absolute atomic E-state index is 12.0. The summed E-state index contributed by atoms with van der Waals surface area (Å²) in [5.41, 5.74) is 0.362. The van der Waals surface area contributed by atoms with Gasteiger partial charge in [-0.25, -0.2) is 0 Å². The van der Waals surface area contributed by atoms with Crippen LogP contribution in [0.5, 0.6) is 0 Å². The van der Waals surface area contributed by atoms with Crippen LogP contribution in [-0.4, -0.2) is 22.6 Å². The molecule has 2 unspecified atom stereocenters. The number of rotatable bonds is 5. The Balaban J connectivity index is 3.05. The summed E-state index contributed by atoms with van der Waals surface area (Å²) in [7, 11) is 0. The lowest BCUT2D eigenvalue weighted by molar-refractivity contribution is -0.144. The van der Waals surface area contributed by atoms with Gasteiger partial charge in [-0.05, 0) is 6.92 Å². The van der Waals surface area contributed by atoms with E-state index in [4.69, 9.17) is 5.11 Å². The van der Waals surface area contributed by atoms with Gasteiger partial charge >= 0.3 is 5.97 Å². The number of ketones is 2. The van der Waals surface area contributed by atoms with Crippen molar-refractivity contribution in [2.75, 3.05) is 0 Å².